The highest BCUT2D eigenvalue weighted by atomic mass is 32.2. The monoisotopic (exact) mass is 290 g/mol. The molecule has 0 aromatic rings. The number of β-amino-alcohol motifs (C(OH)–C–C–N with tert-alkyl or cyclic N) is 1. The zero-order valence-corrected chi connectivity index (χ0v) is 12.3. The molecular weight excluding hydrogens is 268 g/mol. The molecule has 1 atom stereocenters. The Balaban J connectivity index is 1.94. The highest BCUT2D eigenvalue weighted by Gasteiger charge is 2.44. The first kappa shape index (κ1) is 14.7. The molecule has 2 rings (SSSR count). The van der Waals surface area contributed by atoms with Crippen molar-refractivity contribution in [3.63, 3.8) is 0 Å². The van der Waals surface area contributed by atoms with Crippen LogP contribution in [0.4, 0.5) is 0 Å². The summed E-state index contributed by atoms with van der Waals surface area (Å²) in [4.78, 5) is 13.9. The molecule has 0 radical (unpaired) electrons. The molecule has 0 aromatic heterocycles. The van der Waals surface area contributed by atoms with E-state index in [1.807, 2.05) is 6.92 Å². The third kappa shape index (κ3) is 3.09. The average molecular weight is 290 g/mol. The van der Waals surface area contributed by atoms with Crippen molar-refractivity contribution in [3.05, 3.63) is 0 Å². The van der Waals surface area contributed by atoms with E-state index in [-0.39, 0.29) is 18.4 Å². The van der Waals surface area contributed by atoms with Crippen LogP contribution in [0.25, 0.3) is 0 Å². The molecule has 2 heterocycles. The maximum absolute atomic E-state index is 12.2. The Kier molecular flexibility index (Phi) is 3.90. The number of carbonyl (C=O) groups excluding carboxylic acids is 1. The van der Waals surface area contributed by atoms with E-state index >= 15 is 0 Å². The lowest BCUT2D eigenvalue weighted by Crippen LogP contribution is -2.64. The SMILES string of the molecule is CCC1(O)CN(C(=O)C2CCCN(S(C)(=O)=O)C2)C1. The van der Waals surface area contributed by atoms with E-state index in [1.165, 1.54) is 10.6 Å². The van der Waals surface area contributed by atoms with Crippen LogP contribution in [0.5, 0.6) is 0 Å². The number of carbonyl (C=O) groups is 1. The number of likely N-dealkylation sites (tertiary alicyclic amines) is 1. The zero-order chi connectivity index (χ0) is 14.3. The molecular formula is C12H22N2O4S. The fourth-order valence-corrected chi connectivity index (χ4v) is 3.66. The van der Waals surface area contributed by atoms with E-state index in [0.29, 0.717) is 26.1 Å². The minimum absolute atomic E-state index is 0.0218. The standard InChI is InChI=1S/C12H22N2O4S/c1-3-12(16)8-13(9-12)11(15)10-5-4-6-14(7-10)19(2,17)18/h10,16H,3-9H2,1-2H3. The van der Waals surface area contributed by atoms with Gasteiger partial charge in [-0.05, 0) is 19.3 Å². The molecule has 0 spiro atoms. The third-order valence-electron chi connectivity index (χ3n) is 4.14. The number of piperidine rings is 1. The van der Waals surface area contributed by atoms with Gasteiger partial charge in [0.25, 0.3) is 0 Å². The average Bonchev–Trinajstić information content (AvgIpc) is 2.33. The van der Waals surface area contributed by atoms with Crippen LogP contribution < -0.4 is 0 Å². The number of amides is 1. The van der Waals surface area contributed by atoms with Crippen molar-refractivity contribution in [3.8, 4) is 0 Å². The molecule has 110 valence electrons. The largest absolute Gasteiger partial charge is 0.386 e. The van der Waals surface area contributed by atoms with Crippen molar-refractivity contribution in [2.45, 2.75) is 31.8 Å². The smallest absolute Gasteiger partial charge is 0.227 e. The zero-order valence-electron chi connectivity index (χ0n) is 11.5. The molecule has 19 heavy (non-hydrogen) atoms. The predicted molar refractivity (Wildman–Crippen MR) is 71.0 cm³/mol. The Hall–Kier alpha value is -0.660. The van der Waals surface area contributed by atoms with E-state index in [1.54, 1.807) is 4.90 Å². The number of sulfonamides is 1. The summed E-state index contributed by atoms with van der Waals surface area (Å²) in [5.74, 6) is -0.281. The fourth-order valence-electron chi connectivity index (χ4n) is 2.75. The van der Waals surface area contributed by atoms with Gasteiger partial charge in [0.1, 0.15) is 0 Å². The maximum Gasteiger partial charge on any atom is 0.227 e. The molecule has 0 aromatic carbocycles. The number of nitrogens with zero attached hydrogens (tertiary/aromatic N) is 2. The molecule has 2 fully saturated rings. The van der Waals surface area contributed by atoms with E-state index in [9.17, 15) is 18.3 Å². The Morgan fingerprint density at radius 1 is 1.42 bits per heavy atom. The lowest BCUT2D eigenvalue weighted by molar-refractivity contribution is -0.161. The molecule has 7 heteroatoms. The quantitative estimate of drug-likeness (QED) is 0.770. The Morgan fingerprint density at radius 3 is 2.58 bits per heavy atom. The third-order valence-corrected chi connectivity index (χ3v) is 5.41. The van der Waals surface area contributed by atoms with Crippen LogP contribution in [0, 0.1) is 5.92 Å². The first-order valence-electron chi connectivity index (χ1n) is 6.71. The van der Waals surface area contributed by atoms with E-state index in [4.69, 9.17) is 0 Å². The minimum Gasteiger partial charge on any atom is -0.386 e. The molecule has 2 aliphatic rings. The topological polar surface area (TPSA) is 77.9 Å². The molecule has 0 saturated carbocycles. The van der Waals surface area contributed by atoms with Gasteiger partial charge in [0.05, 0.1) is 30.9 Å². The second kappa shape index (κ2) is 5.03. The highest BCUT2D eigenvalue weighted by molar-refractivity contribution is 7.88. The second-order valence-corrected chi connectivity index (χ2v) is 7.71. The van der Waals surface area contributed by atoms with Gasteiger partial charge in [0, 0.05) is 13.1 Å². The van der Waals surface area contributed by atoms with Gasteiger partial charge in [-0.3, -0.25) is 4.79 Å². The van der Waals surface area contributed by atoms with Gasteiger partial charge in [-0.25, -0.2) is 12.7 Å². The van der Waals surface area contributed by atoms with E-state index < -0.39 is 15.6 Å². The summed E-state index contributed by atoms with van der Waals surface area (Å²) < 4.78 is 24.4. The maximum atomic E-state index is 12.2. The first-order valence-corrected chi connectivity index (χ1v) is 8.56. The number of hydrogen-bond donors (Lipinski definition) is 1. The van der Waals surface area contributed by atoms with Gasteiger partial charge in [-0.15, -0.1) is 0 Å². The summed E-state index contributed by atoms with van der Waals surface area (Å²) >= 11 is 0. The Bertz CT molecular complexity index is 456. The summed E-state index contributed by atoms with van der Waals surface area (Å²) in [5, 5.41) is 9.92. The normalized spacial score (nSPS) is 27.9. The van der Waals surface area contributed by atoms with E-state index in [0.717, 1.165) is 12.8 Å². The van der Waals surface area contributed by atoms with Crippen molar-refractivity contribution in [1.82, 2.24) is 9.21 Å². The summed E-state index contributed by atoms with van der Waals surface area (Å²) in [6.45, 7) is 3.42. The molecule has 0 aliphatic carbocycles. The summed E-state index contributed by atoms with van der Waals surface area (Å²) in [6, 6.07) is 0. The molecule has 1 N–H and O–H groups in total. The molecule has 1 amide bonds. The van der Waals surface area contributed by atoms with Crippen molar-refractivity contribution >= 4 is 15.9 Å². The summed E-state index contributed by atoms with van der Waals surface area (Å²) in [6.07, 6.45) is 3.26. The van der Waals surface area contributed by atoms with Crippen molar-refractivity contribution in [2.24, 2.45) is 5.92 Å². The van der Waals surface area contributed by atoms with Crippen LogP contribution in [0.1, 0.15) is 26.2 Å². The number of hydrogen-bond acceptors (Lipinski definition) is 4. The van der Waals surface area contributed by atoms with Crippen LogP contribution in [-0.2, 0) is 14.8 Å². The van der Waals surface area contributed by atoms with Crippen LogP contribution in [0.2, 0.25) is 0 Å². The van der Waals surface area contributed by atoms with E-state index in [2.05, 4.69) is 0 Å². The van der Waals surface area contributed by atoms with Crippen LogP contribution in [0.3, 0.4) is 0 Å². The van der Waals surface area contributed by atoms with Gasteiger partial charge in [-0.2, -0.15) is 0 Å². The van der Waals surface area contributed by atoms with Gasteiger partial charge in [0.15, 0.2) is 0 Å². The number of rotatable bonds is 3. The Morgan fingerprint density at radius 2 is 2.05 bits per heavy atom. The van der Waals surface area contributed by atoms with Crippen LogP contribution in [0.15, 0.2) is 0 Å². The van der Waals surface area contributed by atoms with Crippen LogP contribution in [-0.4, -0.2) is 66.7 Å². The Labute approximate surface area is 114 Å². The lowest BCUT2D eigenvalue weighted by Gasteiger charge is -2.48. The number of aliphatic hydroxyl groups is 1. The first-order chi connectivity index (χ1) is 8.75. The fraction of sp³-hybridized carbons (Fsp3) is 0.917. The molecule has 0 bridgehead atoms. The highest BCUT2D eigenvalue weighted by Crippen LogP contribution is 2.28. The molecule has 1 unspecified atom stereocenters. The lowest BCUT2D eigenvalue weighted by atomic mass is 9.88. The van der Waals surface area contributed by atoms with Crippen molar-refractivity contribution < 1.29 is 18.3 Å². The van der Waals surface area contributed by atoms with Crippen LogP contribution >= 0.6 is 0 Å². The predicted octanol–water partition coefficient (Wildman–Crippen LogP) is -0.359. The summed E-state index contributed by atoms with van der Waals surface area (Å²) in [7, 11) is -3.22. The molecule has 2 aliphatic heterocycles. The van der Waals surface area contributed by atoms with Gasteiger partial charge in [-0.1, -0.05) is 6.92 Å². The van der Waals surface area contributed by atoms with Crippen molar-refractivity contribution in [2.75, 3.05) is 32.4 Å². The second-order valence-electron chi connectivity index (χ2n) is 5.73. The molecule has 6 nitrogen and oxygen atoms in total. The van der Waals surface area contributed by atoms with Gasteiger partial charge >= 0.3 is 0 Å². The molecule has 2 saturated heterocycles. The van der Waals surface area contributed by atoms with Gasteiger partial charge in [0.2, 0.25) is 15.9 Å². The van der Waals surface area contributed by atoms with Gasteiger partial charge < -0.3 is 10.0 Å². The minimum atomic E-state index is -3.22. The summed E-state index contributed by atoms with van der Waals surface area (Å²) in [5.41, 5.74) is -0.735. The van der Waals surface area contributed by atoms with Crippen molar-refractivity contribution in [1.29, 1.82) is 0 Å².